The van der Waals surface area contributed by atoms with Crippen LogP contribution in [-0.4, -0.2) is 30.3 Å². The molecule has 0 radical (unpaired) electrons. The molecule has 0 aliphatic heterocycles. The van der Waals surface area contributed by atoms with Crippen molar-refractivity contribution in [1.82, 2.24) is 5.32 Å². The monoisotopic (exact) mass is 259 g/mol. The van der Waals surface area contributed by atoms with Gasteiger partial charge in [-0.15, -0.1) is 0 Å². The predicted molar refractivity (Wildman–Crippen MR) is 60.7 cm³/mol. The van der Waals surface area contributed by atoms with Gasteiger partial charge in [0.2, 0.25) is 0 Å². The summed E-state index contributed by atoms with van der Waals surface area (Å²) in [6.07, 6.45) is 0. The average molecular weight is 259 g/mol. The zero-order valence-electron chi connectivity index (χ0n) is 10.2. The molecule has 2 N–H and O–H groups in total. The summed E-state index contributed by atoms with van der Waals surface area (Å²) in [6, 6.07) is 3.21. The van der Waals surface area contributed by atoms with E-state index >= 15 is 0 Å². The molecule has 1 atom stereocenters. The summed E-state index contributed by atoms with van der Waals surface area (Å²) in [5.41, 5.74) is -1.44. The van der Waals surface area contributed by atoms with Crippen LogP contribution in [0.5, 0.6) is 0 Å². The van der Waals surface area contributed by atoms with Gasteiger partial charge in [-0.25, -0.2) is 13.6 Å². The molecular weight excluding hydrogens is 244 g/mol. The van der Waals surface area contributed by atoms with Crippen molar-refractivity contribution in [2.24, 2.45) is 0 Å². The van der Waals surface area contributed by atoms with Gasteiger partial charge in [0.25, 0.3) is 0 Å². The summed E-state index contributed by atoms with van der Waals surface area (Å²) in [6.45, 7) is 1.25. The van der Waals surface area contributed by atoms with Gasteiger partial charge in [0.05, 0.1) is 7.11 Å². The summed E-state index contributed by atoms with van der Waals surface area (Å²) in [5, 5.41) is 12.4. The Morgan fingerprint density at radius 1 is 1.50 bits per heavy atom. The highest BCUT2D eigenvalue weighted by Crippen LogP contribution is 2.10. The highest BCUT2D eigenvalue weighted by atomic mass is 19.1. The summed E-state index contributed by atoms with van der Waals surface area (Å²) >= 11 is 0. The summed E-state index contributed by atoms with van der Waals surface area (Å²) < 4.78 is 30.3. The first-order valence-corrected chi connectivity index (χ1v) is 5.32. The first kappa shape index (κ1) is 14.5. The Hall–Kier alpha value is -1.53. The van der Waals surface area contributed by atoms with E-state index in [0.29, 0.717) is 0 Å². The normalized spacial score (nSPS) is 14.1. The van der Waals surface area contributed by atoms with E-state index in [-0.39, 0.29) is 18.7 Å². The van der Waals surface area contributed by atoms with Crippen molar-refractivity contribution in [3.63, 3.8) is 0 Å². The number of hydrogen-bond donors (Lipinski definition) is 2. The Bertz CT molecular complexity index is 435. The number of rotatable bonds is 5. The minimum absolute atomic E-state index is 0.0687. The molecule has 0 saturated heterocycles. The minimum atomic E-state index is -1.69. The molecule has 1 rings (SSSR count). The third-order valence-corrected chi connectivity index (χ3v) is 2.42. The number of benzene rings is 1. The Labute approximate surface area is 104 Å². The molecule has 18 heavy (non-hydrogen) atoms. The molecular formula is C12H15F2NO3. The molecule has 1 aromatic carbocycles. The molecule has 1 unspecified atom stereocenters. The van der Waals surface area contributed by atoms with Gasteiger partial charge in [-0.05, 0) is 13.0 Å². The molecule has 0 amide bonds. The van der Waals surface area contributed by atoms with Gasteiger partial charge in [-0.3, -0.25) is 0 Å². The van der Waals surface area contributed by atoms with Gasteiger partial charge in [-0.2, -0.15) is 0 Å². The van der Waals surface area contributed by atoms with Crippen LogP contribution in [0, 0.1) is 11.6 Å². The number of ether oxygens (including phenoxy) is 1. The van der Waals surface area contributed by atoms with E-state index < -0.39 is 23.2 Å². The van der Waals surface area contributed by atoms with Crippen molar-refractivity contribution >= 4 is 5.97 Å². The number of hydrogen-bond acceptors (Lipinski definition) is 4. The van der Waals surface area contributed by atoms with E-state index in [1.54, 1.807) is 0 Å². The molecule has 4 nitrogen and oxygen atoms in total. The van der Waals surface area contributed by atoms with Crippen LogP contribution in [0.4, 0.5) is 8.78 Å². The van der Waals surface area contributed by atoms with Crippen LogP contribution in [0.15, 0.2) is 18.2 Å². The fourth-order valence-electron chi connectivity index (χ4n) is 1.40. The largest absolute Gasteiger partial charge is 0.467 e. The van der Waals surface area contributed by atoms with Crippen LogP contribution in [0.2, 0.25) is 0 Å². The number of aliphatic hydroxyl groups is 1. The summed E-state index contributed by atoms with van der Waals surface area (Å²) in [7, 11) is 1.16. The van der Waals surface area contributed by atoms with Gasteiger partial charge in [0.1, 0.15) is 11.6 Å². The molecule has 0 bridgehead atoms. The lowest BCUT2D eigenvalue weighted by Gasteiger charge is -2.20. The van der Waals surface area contributed by atoms with Crippen molar-refractivity contribution in [3.05, 3.63) is 35.4 Å². The fraction of sp³-hybridized carbons (Fsp3) is 0.417. The number of esters is 1. The van der Waals surface area contributed by atoms with Crippen molar-refractivity contribution in [3.8, 4) is 0 Å². The van der Waals surface area contributed by atoms with E-state index in [4.69, 9.17) is 0 Å². The second-order valence-electron chi connectivity index (χ2n) is 4.10. The van der Waals surface area contributed by atoms with E-state index in [9.17, 15) is 18.7 Å². The quantitative estimate of drug-likeness (QED) is 0.774. The minimum Gasteiger partial charge on any atom is -0.467 e. The molecule has 6 heteroatoms. The van der Waals surface area contributed by atoms with E-state index in [0.717, 1.165) is 19.2 Å². The van der Waals surface area contributed by atoms with Crippen LogP contribution in [0.1, 0.15) is 12.5 Å². The molecule has 0 saturated carbocycles. The predicted octanol–water partition coefficient (Wildman–Crippen LogP) is 0.978. The highest BCUT2D eigenvalue weighted by molar-refractivity contribution is 5.78. The van der Waals surface area contributed by atoms with Gasteiger partial charge in [-0.1, -0.05) is 6.07 Å². The number of carbonyl (C=O) groups is 1. The third-order valence-electron chi connectivity index (χ3n) is 2.42. The SMILES string of the molecule is COC(=O)C(C)(O)CNCc1ccc(F)cc1F. The molecule has 0 aliphatic rings. The molecule has 0 aromatic heterocycles. The third kappa shape index (κ3) is 3.75. The topological polar surface area (TPSA) is 58.6 Å². The summed E-state index contributed by atoms with van der Waals surface area (Å²) in [4.78, 5) is 11.2. The average Bonchev–Trinajstić information content (AvgIpc) is 2.30. The Morgan fingerprint density at radius 2 is 2.17 bits per heavy atom. The standard InChI is InChI=1S/C12H15F2NO3/c1-12(17,11(16)18-2)7-15-6-8-3-4-9(13)5-10(8)14/h3-5,15,17H,6-7H2,1-2H3. The molecule has 0 aliphatic carbocycles. The van der Waals surface area contributed by atoms with E-state index in [2.05, 4.69) is 10.1 Å². The Balaban J connectivity index is 2.54. The smallest absolute Gasteiger partial charge is 0.338 e. The van der Waals surface area contributed by atoms with Gasteiger partial charge in [0, 0.05) is 24.7 Å². The van der Waals surface area contributed by atoms with Crippen molar-refractivity contribution < 1.29 is 23.4 Å². The number of halogens is 2. The molecule has 1 aromatic rings. The zero-order chi connectivity index (χ0) is 13.8. The van der Waals surface area contributed by atoms with Crippen molar-refractivity contribution in [2.75, 3.05) is 13.7 Å². The van der Waals surface area contributed by atoms with Crippen molar-refractivity contribution in [2.45, 2.75) is 19.1 Å². The Kier molecular flexibility index (Phi) is 4.75. The lowest BCUT2D eigenvalue weighted by molar-refractivity contribution is -0.159. The first-order valence-electron chi connectivity index (χ1n) is 5.32. The first-order chi connectivity index (χ1) is 8.36. The molecule has 0 heterocycles. The number of carbonyl (C=O) groups excluding carboxylic acids is 1. The maximum absolute atomic E-state index is 13.3. The van der Waals surface area contributed by atoms with Crippen LogP contribution in [-0.2, 0) is 16.1 Å². The van der Waals surface area contributed by atoms with Crippen LogP contribution in [0.25, 0.3) is 0 Å². The summed E-state index contributed by atoms with van der Waals surface area (Å²) in [5.74, 6) is -2.12. The van der Waals surface area contributed by atoms with Gasteiger partial charge < -0.3 is 15.2 Å². The fourth-order valence-corrected chi connectivity index (χ4v) is 1.40. The van der Waals surface area contributed by atoms with Crippen LogP contribution in [0.3, 0.4) is 0 Å². The van der Waals surface area contributed by atoms with Crippen molar-refractivity contribution in [1.29, 1.82) is 0 Å². The molecule has 0 fully saturated rings. The number of methoxy groups -OCH3 is 1. The van der Waals surface area contributed by atoms with Crippen LogP contribution >= 0.6 is 0 Å². The second-order valence-corrected chi connectivity index (χ2v) is 4.10. The lowest BCUT2D eigenvalue weighted by atomic mass is 10.1. The van der Waals surface area contributed by atoms with Gasteiger partial charge in [0.15, 0.2) is 5.60 Å². The van der Waals surface area contributed by atoms with E-state index in [1.165, 1.54) is 13.0 Å². The second kappa shape index (κ2) is 5.88. The van der Waals surface area contributed by atoms with Gasteiger partial charge >= 0.3 is 5.97 Å². The maximum atomic E-state index is 13.3. The molecule has 0 spiro atoms. The van der Waals surface area contributed by atoms with E-state index in [1.807, 2.05) is 0 Å². The lowest BCUT2D eigenvalue weighted by Crippen LogP contribution is -2.45. The maximum Gasteiger partial charge on any atom is 0.338 e. The molecule has 100 valence electrons. The Morgan fingerprint density at radius 3 is 2.72 bits per heavy atom. The number of nitrogens with one attached hydrogen (secondary N) is 1. The highest BCUT2D eigenvalue weighted by Gasteiger charge is 2.30. The zero-order valence-corrected chi connectivity index (χ0v) is 10.2. The van der Waals surface area contributed by atoms with Crippen LogP contribution < -0.4 is 5.32 Å².